The maximum absolute atomic E-state index is 11.3. The van der Waals surface area contributed by atoms with Crippen molar-refractivity contribution in [2.24, 2.45) is 0 Å². The summed E-state index contributed by atoms with van der Waals surface area (Å²) in [6.45, 7) is -0.720. The van der Waals surface area contributed by atoms with Crippen LogP contribution in [0.5, 0.6) is 5.75 Å². The van der Waals surface area contributed by atoms with Gasteiger partial charge >= 0.3 is 5.97 Å². The Morgan fingerprint density at radius 1 is 1.11 bits per heavy atom. The highest BCUT2D eigenvalue weighted by atomic mass is 16.7. The van der Waals surface area contributed by atoms with Gasteiger partial charge in [-0.3, -0.25) is 5.32 Å². The molecule has 0 bridgehead atoms. The topological polar surface area (TPSA) is 234 Å². The van der Waals surface area contributed by atoms with Crippen LogP contribution < -0.4 is 10.1 Å². The van der Waals surface area contributed by atoms with E-state index in [-0.39, 0.29) is 18.9 Å². The average molecular weight is 514 g/mol. The first-order valence-corrected chi connectivity index (χ1v) is 11.3. The van der Waals surface area contributed by atoms with E-state index < -0.39 is 67.3 Å². The second-order valence-corrected chi connectivity index (χ2v) is 8.91. The summed E-state index contributed by atoms with van der Waals surface area (Å²) in [4.78, 5) is 14.4. The van der Waals surface area contributed by atoms with E-state index in [1.165, 1.54) is 0 Å². The highest BCUT2D eigenvalue weighted by Crippen LogP contribution is 2.29. The zero-order valence-corrected chi connectivity index (χ0v) is 19.0. The van der Waals surface area contributed by atoms with E-state index in [9.17, 15) is 45.6 Å². The molecule has 0 radical (unpaired) electrons. The van der Waals surface area contributed by atoms with Crippen LogP contribution in [0.25, 0.3) is 10.9 Å². The Kier molecular flexibility index (Phi) is 7.82. The van der Waals surface area contributed by atoms with Crippen LogP contribution in [0.2, 0.25) is 0 Å². The van der Waals surface area contributed by atoms with Gasteiger partial charge in [-0.2, -0.15) is 0 Å². The maximum atomic E-state index is 11.3. The van der Waals surface area contributed by atoms with Gasteiger partial charge in [-0.1, -0.05) is 0 Å². The number of hydrogen-bond donors (Lipinski definition) is 10. The maximum Gasteiger partial charge on any atom is 0.335 e. The van der Waals surface area contributed by atoms with Gasteiger partial charge in [-0.25, -0.2) is 4.79 Å². The van der Waals surface area contributed by atoms with Gasteiger partial charge in [0.15, 0.2) is 11.8 Å². The number of aromatic nitrogens is 1. The third-order valence-electron chi connectivity index (χ3n) is 6.56. The lowest BCUT2D eigenvalue weighted by molar-refractivity contribution is -0.271. The lowest BCUT2D eigenvalue weighted by Gasteiger charge is -2.44. The van der Waals surface area contributed by atoms with Gasteiger partial charge in [0.2, 0.25) is 6.29 Å². The molecule has 0 spiro atoms. The van der Waals surface area contributed by atoms with Crippen molar-refractivity contribution in [2.75, 3.05) is 19.8 Å². The van der Waals surface area contributed by atoms with Gasteiger partial charge in [0.1, 0.15) is 42.4 Å². The molecule has 9 atom stereocenters. The SMILES string of the molecule is O=C(O)[C@H]1O[C@@H](Oc2ccc3[nH]cc(CCN[C@]4(CO)OC[C@@H](O)[C@@H](O)[C@@H]4O)c3c2)[C@H](O)[C@@H](O)[C@@H]1O. The first-order valence-electron chi connectivity index (χ1n) is 11.3. The summed E-state index contributed by atoms with van der Waals surface area (Å²) in [7, 11) is 0. The molecule has 200 valence electrons. The van der Waals surface area contributed by atoms with Crippen LogP contribution in [0.1, 0.15) is 5.56 Å². The molecule has 0 saturated carbocycles. The minimum absolute atomic E-state index is 0.197. The third-order valence-corrected chi connectivity index (χ3v) is 6.56. The number of nitrogens with one attached hydrogen (secondary N) is 2. The van der Waals surface area contributed by atoms with Gasteiger partial charge in [0, 0.05) is 23.6 Å². The molecule has 2 fully saturated rings. The van der Waals surface area contributed by atoms with Crippen molar-refractivity contribution in [3.05, 3.63) is 30.0 Å². The number of hydrogen-bond acceptors (Lipinski definition) is 12. The Bertz CT molecular complexity index is 1060. The highest BCUT2D eigenvalue weighted by molar-refractivity contribution is 5.84. The van der Waals surface area contributed by atoms with Gasteiger partial charge < -0.3 is 60.0 Å². The van der Waals surface area contributed by atoms with E-state index in [1.54, 1.807) is 24.4 Å². The van der Waals surface area contributed by atoms with Crippen LogP contribution in [0, 0.1) is 0 Å². The molecule has 2 aliphatic rings. The molecule has 0 aliphatic carbocycles. The van der Waals surface area contributed by atoms with Crippen LogP contribution in [0.3, 0.4) is 0 Å². The van der Waals surface area contributed by atoms with Crippen molar-refractivity contribution in [3.8, 4) is 5.75 Å². The number of rotatable bonds is 8. The minimum atomic E-state index is -1.83. The molecule has 14 nitrogen and oxygen atoms in total. The van der Waals surface area contributed by atoms with Crippen molar-refractivity contribution in [1.82, 2.24) is 10.3 Å². The molecule has 3 heterocycles. The number of ether oxygens (including phenoxy) is 3. The monoisotopic (exact) mass is 514 g/mol. The van der Waals surface area contributed by atoms with Gasteiger partial charge in [0.05, 0.1) is 13.2 Å². The molecule has 2 aliphatic heterocycles. The number of fused-ring (bicyclic) bond motifs is 1. The zero-order chi connectivity index (χ0) is 26.2. The van der Waals surface area contributed by atoms with E-state index in [1.807, 2.05) is 0 Å². The molecular formula is C22H30N2O12. The highest BCUT2D eigenvalue weighted by Gasteiger charge is 2.49. The second-order valence-electron chi connectivity index (χ2n) is 8.91. The Morgan fingerprint density at radius 2 is 1.86 bits per heavy atom. The summed E-state index contributed by atoms with van der Waals surface area (Å²) in [5.74, 6) is -1.32. The summed E-state index contributed by atoms with van der Waals surface area (Å²) in [6, 6.07) is 4.83. The summed E-state index contributed by atoms with van der Waals surface area (Å²) in [6.07, 6.45) is -10.9. The second kappa shape index (κ2) is 10.5. The fourth-order valence-electron chi connectivity index (χ4n) is 4.38. The first-order chi connectivity index (χ1) is 17.1. The van der Waals surface area contributed by atoms with Crippen LogP contribution in [0.4, 0.5) is 0 Å². The predicted molar refractivity (Wildman–Crippen MR) is 119 cm³/mol. The largest absolute Gasteiger partial charge is 0.479 e. The van der Waals surface area contributed by atoms with Crippen LogP contribution >= 0.6 is 0 Å². The molecular weight excluding hydrogens is 484 g/mol. The van der Waals surface area contributed by atoms with Crippen LogP contribution in [0.15, 0.2) is 24.4 Å². The van der Waals surface area contributed by atoms with Crippen molar-refractivity contribution in [1.29, 1.82) is 0 Å². The predicted octanol–water partition coefficient (Wildman–Crippen LogP) is -3.63. The van der Waals surface area contributed by atoms with E-state index in [4.69, 9.17) is 14.2 Å². The van der Waals surface area contributed by atoms with E-state index in [0.29, 0.717) is 11.8 Å². The van der Waals surface area contributed by atoms with Gasteiger partial charge in [-0.15, -0.1) is 0 Å². The molecule has 2 aromatic rings. The zero-order valence-electron chi connectivity index (χ0n) is 19.0. The average Bonchev–Trinajstić information content (AvgIpc) is 3.26. The Labute approximate surface area is 204 Å². The Morgan fingerprint density at radius 3 is 2.56 bits per heavy atom. The molecule has 2 saturated heterocycles. The summed E-state index contributed by atoms with van der Waals surface area (Å²) in [5, 5.41) is 82.5. The standard InChI is InChI=1S/C22H30N2O12/c25-8-22(19(31)14(27)13(26)7-34-22)24-4-3-9-6-23-12-2-1-10(5-11(9)12)35-21-17(30)15(28)16(29)18(36-21)20(32)33/h1-2,5-6,13-19,21,23-31H,3-4,7-8H2,(H,32,33)/t13-,14-,15+,16+,17-,18+,19+,21-,22-/m1/s1. The molecule has 1 aromatic heterocycles. The molecule has 0 unspecified atom stereocenters. The van der Waals surface area contributed by atoms with Crippen LogP contribution in [-0.4, -0.2) is 126 Å². The van der Waals surface area contributed by atoms with Gasteiger partial charge in [0.25, 0.3) is 0 Å². The van der Waals surface area contributed by atoms with Crippen molar-refractivity contribution >= 4 is 16.9 Å². The number of aromatic amines is 1. The number of H-pyrrole nitrogens is 1. The lowest BCUT2D eigenvalue weighted by atomic mass is 9.94. The van der Waals surface area contributed by atoms with Gasteiger partial charge in [-0.05, 0) is 30.2 Å². The number of aliphatic carboxylic acids is 1. The molecule has 36 heavy (non-hydrogen) atoms. The van der Waals surface area contributed by atoms with Crippen LogP contribution in [-0.2, 0) is 20.7 Å². The third kappa shape index (κ3) is 4.92. The Hall–Kier alpha value is -2.37. The first kappa shape index (κ1) is 26.7. The number of carboxylic acids is 1. The van der Waals surface area contributed by atoms with E-state index in [0.717, 1.165) is 11.1 Å². The Balaban J connectivity index is 1.45. The number of benzene rings is 1. The van der Waals surface area contributed by atoms with E-state index >= 15 is 0 Å². The minimum Gasteiger partial charge on any atom is -0.479 e. The molecule has 0 amide bonds. The molecule has 4 rings (SSSR count). The quantitative estimate of drug-likeness (QED) is 0.164. The van der Waals surface area contributed by atoms with Crippen molar-refractivity contribution < 1.29 is 59.9 Å². The number of aliphatic hydroxyl groups is 7. The summed E-state index contributed by atoms with van der Waals surface area (Å²) in [5.41, 5.74) is -0.142. The number of carboxylic acid groups (broad SMARTS) is 1. The smallest absolute Gasteiger partial charge is 0.335 e. The number of carbonyl (C=O) groups is 1. The summed E-state index contributed by atoms with van der Waals surface area (Å²) < 4.78 is 16.2. The van der Waals surface area contributed by atoms with Crippen molar-refractivity contribution in [2.45, 2.75) is 61.2 Å². The fraction of sp³-hybridized carbons (Fsp3) is 0.591. The normalized spacial score (nSPS) is 37.2. The summed E-state index contributed by atoms with van der Waals surface area (Å²) >= 11 is 0. The molecule has 1 aromatic carbocycles. The number of aliphatic hydroxyl groups excluding tert-OH is 7. The molecule has 10 N–H and O–H groups in total. The molecule has 14 heteroatoms. The van der Waals surface area contributed by atoms with E-state index in [2.05, 4.69) is 10.3 Å². The lowest BCUT2D eigenvalue weighted by Crippen LogP contribution is -2.69. The van der Waals surface area contributed by atoms with Crippen molar-refractivity contribution in [3.63, 3.8) is 0 Å². The fourth-order valence-corrected chi connectivity index (χ4v) is 4.38.